The van der Waals surface area contributed by atoms with E-state index in [-0.39, 0.29) is 17.9 Å². The fourth-order valence-corrected chi connectivity index (χ4v) is 4.19. The van der Waals surface area contributed by atoms with E-state index >= 15 is 0 Å². The van der Waals surface area contributed by atoms with Crippen LogP contribution >= 0.6 is 11.3 Å². The van der Waals surface area contributed by atoms with Gasteiger partial charge >= 0.3 is 0 Å². The molecule has 0 spiro atoms. The van der Waals surface area contributed by atoms with Crippen molar-refractivity contribution in [2.45, 2.75) is 19.4 Å². The van der Waals surface area contributed by atoms with Crippen LogP contribution in [0.5, 0.6) is 17.2 Å². The van der Waals surface area contributed by atoms with Crippen molar-refractivity contribution in [2.24, 2.45) is 5.92 Å². The van der Waals surface area contributed by atoms with E-state index in [0.29, 0.717) is 24.5 Å². The van der Waals surface area contributed by atoms with E-state index in [0.717, 1.165) is 27.1 Å². The summed E-state index contributed by atoms with van der Waals surface area (Å²) in [4.78, 5) is 16.0. The maximum absolute atomic E-state index is 11.5. The molecular weight excluding hydrogens is 376 g/mol. The first-order valence-corrected chi connectivity index (χ1v) is 10.00. The number of fused-ring (bicyclic) bond motifs is 1. The quantitative estimate of drug-likeness (QED) is 0.682. The van der Waals surface area contributed by atoms with E-state index in [2.05, 4.69) is 10.3 Å². The van der Waals surface area contributed by atoms with Gasteiger partial charge in [0.05, 0.1) is 29.9 Å². The molecular formula is C21H22N2O4S. The lowest BCUT2D eigenvalue weighted by Gasteiger charge is -2.20. The number of carbonyl (C=O) groups excluding carboxylic acids is 1. The average molecular weight is 398 g/mol. The standard InChI is InChI=1S/C21H22N2O4S/c1-12(15-9-20(24)22-10-15)27-19-8-14(6-16-21(19)28-11-23-16)13-4-5-17(25-2)18(7-13)26-3/h4-8,11-12,15H,9-10H2,1-3H3,(H,22,24)/t12?,15-/m1/s1. The third-order valence-electron chi connectivity index (χ3n) is 5.10. The molecule has 1 aliphatic heterocycles. The van der Waals surface area contributed by atoms with E-state index in [1.807, 2.05) is 42.8 Å². The summed E-state index contributed by atoms with van der Waals surface area (Å²) in [6.45, 7) is 2.67. The molecule has 1 saturated heterocycles. The minimum Gasteiger partial charge on any atom is -0.493 e. The van der Waals surface area contributed by atoms with Crippen molar-refractivity contribution < 1.29 is 19.0 Å². The van der Waals surface area contributed by atoms with Gasteiger partial charge in [0.25, 0.3) is 0 Å². The summed E-state index contributed by atoms with van der Waals surface area (Å²) < 4.78 is 18.1. The van der Waals surface area contributed by atoms with Gasteiger partial charge in [0, 0.05) is 18.9 Å². The number of ether oxygens (including phenoxy) is 3. The number of methoxy groups -OCH3 is 2. The second-order valence-corrected chi connectivity index (χ2v) is 7.69. The molecule has 1 amide bonds. The van der Waals surface area contributed by atoms with Crippen LogP contribution in [0.25, 0.3) is 21.3 Å². The zero-order valence-corrected chi connectivity index (χ0v) is 16.8. The summed E-state index contributed by atoms with van der Waals surface area (Å²) in [5.41, 5.74) is 4.69. The third-order valence-corrected chi connectivity index (χ3v) is 5.96. The lowest BCUT2D eigenvalue weighted by atomic mass is 10.0. The predicted octanol–water partition coefficient (Wildman–Crippen LogP) is 3.88. The Hall–Kier alpha value is -2.80. The number of hydrogen-bond donors (Lipinski definition) is 1. The second kappa shape index (κ2) is 7.67. The molecule has 4 rings (SSSR count). The monoisotopic (exact) mass is 398 g/mol. The Morgan fingerprint density at radius 1 is 1.11 bits per heavy atom. The van der Waals surface area contributed by atoms with Crippen molar-refractivity contribution in [1.29, 1.82) is 0 Å². The highest BCUT2D eigenvalue weighted by molar-refractivity contribution is 7.17. The number of nitrogens with zero attached hydrogens (tertiary/aromatic N) is 1. The third kappa shape index (κ3) is 3.49. The molecule has 1 aliphatic rings. The molecule has 0 radical (unpaired) electrons. The highest BCUT2D eigenvalue weighted by atomic mass is 32.1. The van der Waals surface area contributed by atoms with E-state index in [1.54, 1.807) is 25.6 Å². The molecule has 0 bridgehead atoms. The first kappa shape index (κ1) is 18.6. The SMILES string of the molecule is COc1ccc(-c2cc(OC(C)[C@H]3CNC(=O)C3)c3scnc3c2)cc1OC. The Morgan fingerprint density at radius 3 is 2.61 bits per heavy atom. The fourth-order valence-electron chi connectivity index (χ4n) is 3.46. The van der Waals surface area contributed by atoms with E-state index in [4.69, 9.17) is 14.2 Å². The zero-order valence-electron chi connectivity index (χ0n) is 16.0. The van der Waals surface area contributed by atoms with Gasteiger partial charge < -0.3 is 19.5 Å². The molecule has 1 unspecified atom stereocenters. The summed E-state index contributed by atoms with van der Waals surface area (Å²) in [5, 5.41) is 2.87. The van der Waals surface area contributed by atoms with E-state index in [1.165, 1.54) is 0 Å². The van der Waals surface area contributed by atoms with Crippen molar-refractivity contribution in [1.82, 2.24) is 10.3 Å². The van der Waals surface area contributed by atoms with E-state index in [9.17, 15) is 4.79 Å². The molecule has 1 aromatic heterocycles. The summed E-state index contributed by atoms with van der Waals surface area (Å²) in [6.07, 6.45) is 0.424. The molecule has 0 aliphatic carbocycles. The molecule has 0 saturated carbocycles. The Kier molecular flexibility index (Phi) is 5.09. The molecule has 3 aromatic rings. The van der Waals surface area contributed by atoms with Gasteiger partial charge in [-0.05, 0) is 42.3 Å². The Labute approximate surface area is 167 Å². The van der Waals surface area contributed by atoms with Crippen LogP contribution in [0, 0.1) is 5.92 Å². The molecule has 2 heterocycles. The van der Waals surface area contributed by atoms with Gasteiger partial charge in [0.1, 0.15) is 11.9 Å². The van der Waals surface area contributed by atoms with Crippen molar-refractivity contribution in [2.75, 3.05) is 20.8 Å². The molecule has 1 fully saturated rings. The first-order valence-electron chi connectivity index (χ1n) is 9.12. The van der Waals surface area contributed by atoms with Crippen molar-refractivity contribution in [3.63, 3.8) is 0 Å². The van der Waals surface area contributed by atoms with Crippen LogP contribution in [0.15, 0.2) is 35.8 Å². The Bertz CT molecular complexity index is 1020. The molecule has 146 valence electrons. The van der Waals surface area contributed by atoms with Gasteiger partial charge in [-0.1, -0.05) is 6.07 Å². The van der Waals surface area contributed by atoms with Gasteiger partial charge in [-0.3, -0.25) is 4.79 Å². The topological polar surface area (TPSA) is 69.7 Å². The maximum Gasteiger partial charge on any atom is 0.220 e. The zero-order chi connectivity index (χ0) is 19.7. The highest BCUT2D eigenvalue weighted by Crippen LogP contribution is 2.38. The van der Waals surface area contributed by atoms with Gasteiger partial charge in [-0.25, -0.2) is 4.98 Å². The molecule has 1 N–H and O–H groups in total. The molecule has 7 heteroatoms. The van der Waals surface area contributed by atoms with Crippen molar-refractivity contribution >= 4 is 27.5 Å². The number of rotatable bonds is 6. The van der Waals surface area contributed by atoms with Crippen molar-refractivity contribution in [3.05, 3.63) is 35.8 Å². The number of hydrogen-bond acceptors (Lipinski definition) is 6. The van der Waals surface area contributed by atoms with Crippen LogP contribution in [0.4, 0.5) is 0 Å². The van der Waals surface area contributed by atoms with Crippen LogP contribution in [-0.2, 0) is 4.79 Å². The molecule has 2 aromatic carbocycles. The predicted molar refractivity (Wildman–Crippen MR) is 109 cm³/mol. The number of benzene rings is 2. The van der Waals surface area contributed by atoms with E-state index < -0.39 is 0 Å². The number of aromatic nitrogens is 1. The van der Waals surface area contributed by atoms with Crippen LogP contribution < -0.4 is 19.5 Å². The van der Waals surface area contributed by atoms with Crippen LogP contribution in [0.1, 0.15) is 13.3 Å². The minimum atomic E-state index is -0.0788. The number of nitrogens with one attached hydrogen (secondary N) is 1. The molecule has 6 nitrogen and oxygen atoms in total. The lowest BCUT2D eigenvalue weighted by molar-refractivity contribution is -0.119. The van der Waals surface area contributed by atoms with Crippen LogP contribution in [0.2, 0.25) is 0 Å². The number of carbonyl (C=O) groups is 1. The van der Waals surface area contributed by atoms with Gasteiger partial charge in [0.2, 0.25) is 5.91 Å². The van der Waals surface area contributed by atoms with Crippen LogP contribution in [-0.4, -0.2) is 37.8 Å². The Balaban J connectivity index is 1.70. The second-order valence-electron chi connectivity index (χ2n) is 6.84. The van der Waals surface area contributed by atoms with Crippen LogP contribution in [0.3, 0.4) is 0 Å². The summed E-state index contributed by atoms with van der Waals surface area (Å²) in [5.74, 6) is 2.40. The fraction of sp³-hybridized carbons (Fsp3) is 0.333. The lowest BCUT2D eigenvalue weighted by Crippen LogP contribution is -2.25. The highest BCUT2D eigenvalue weighted by Gasteiger charge is 2.28. The van der Waals surface area contributed by atoms with Gasteiger partial charge in [-0.2, -0.15) is 0 Å². The first-order chi connectivity index (χ1) is 13.6. The average Bonchev–Trinajstić information content (AvgIpc) is 3.36. The molecule has 28 heavy (non-hydrogen) atoms. The summed E-state index contributed by atoms with van der Waals surface area (Å²) in [6, 6.07) is 9.90. The number of thiazole rings is 1. The van der Waals surface area contributed by atoms with Crippen molar-refractivity contribution in [3.8, 4) is 28.4 Å². The molecule has 2 atom stereocenters. The normalized spacial score (nSPS) is 17.4. The number of amides is 1. The Morgan fingerprint density at radius 2 is 1.89 bits per heavy atom. The van der Waals surface area contributed by atoms with Gasteiger partial charge in [-0.15, -0.1) is 11.3 Å². The maximum atomic E-state index is 11.5. The minimum absolute atomic E-state index is 0.0788. The van der Waals surface area contributed by atoms with Gasteiger partial charge in [0.15, 0.2) is 11.5 Å². The largest absolute Gasteiger partial charge is 0.493 e. The smallest absolute Gasteiger partial charge is 0.220 e. The summed E-state index contributed by atoms with van der Waals surface area (Å²) >= 11 is 1.55. The summed E-state index contributed by atoms with van der Waals surface area (Å²) in [7, 11) is 3.24.